The summed E-state index contributed by atoms with van der Waals surface area (Å²) in [6, 6.07) is 0. The molecule has 2 aliphatic rings. The quantitative estimate of drug-likeness (QED) is 0.637. The Labute approximate surface area is 140 Å². The lowest BCUT2D eigenvalue weighted by Gasteiger charge is -2.27. The Hall–Kier alpha value is -2.44. The zero-order valence-electron chi connectivity index (χ0n) is 13.6. The van der Waals surface area contributed by atoms with E-state index in [0.29, 0.717) is 12.4 Å². The second kappa shape index (κ2) is 6.59. The average Bonchev–Trinajstić information content (AvgIpc) is 3.36. The first-order chi connectivity index (χ1) is 11.8. The molecule has 1 aliphatic carbocycles. The molecule has 2 aromatic rings. The van der Waals surface area contributed by atoms with Crippen LogP contribution in [0.1, 0.15) is 37.7 Å². The number of aromatic nitrogens is 4. The number of hydrogen-bond donors (Lipinski definition) is 0. The van der Waals surface area contributed by atoms with E-state index in [1.807, 2.05) is 11.1 Å². The number of likely N-dealkylation sites (tertiary alicyclic amines) is 1. The molecule has 2 fully saturated rings. The van der Waals surface area contributed by atoms with Gasteiger partial charge in [0.2, 0.25) is 0 Å². The second-order valence-electron chi connectivity index (χ2n) is 6.38. The van der Waals surface area contributed by atoms with Crippen LogP contribution in [0.15, 0.2) is 29.9 Å². The van der Waals surface area contributed by atoms with Crippen molar-refractivity contribution in [1.29, 1.82) is 0 Å². The minimum absolute atomic E-state index is 0.181. The maximum atomic E-state index is 12.1. The van der Waals surface area contributed by atoms with E-state index in [1.165, 1.54) is 19.2 Å². The second-order valence-corrected chi connectivity index (χ2v) is 6.38. The van der Waals surface area contributed by atoms with Crippen LogP contribution in [-0.2, 0) is 11.2 Å². The highest BCUT2D eigenvalue weighted by atomic mass is 16.6. The third kappa shape index (κ3) is 3.39. The van der Waals surface area contributed by atoms with Gasteiger partial charge in [-0.25, -0.2) is 14.3 Å². The molecule has 0 radical (unpaired) electrons. The molecule has 3 heterocycles. The van der Waals surface area contributed by atoms with Gasteiger partial charge in [0, 0.05) is 25.5 Å². The molecule has 7 heteroatoms. The highest BCUT2D eigenvalue weighted by molar-refractivity contribution is 5.67. The van der Waals surface area contributed by atoms with Crippen molar-refractivity contribution in [3.05, 3.63) is 35.4 Å². The Morgan fingerprint density at radius 1 is 1.12 bits per heavy atom. The third-order valence-electron chi connectivity index (χ3n) is 4.65. The van der Waals surface area contributed by atoms with Crippen LogP contribution in [0.2, 0.25) is 0 Å². The summed E-state index contributed by atoms with van der Waals surface area (Å²) >= 11 is 0. The summed E-state index contributed by atoms with van der Waals surface area (Å²) in [5.41, 5.74) is 4.26. The lowest BCUT2D eigenvalue weighted by Crippen LogP contribution is -2.37. The van der Waals surface area contributed by atoms with Crippen LogP contribution in [0.5, 0.6) is 0 Å². The van der Waals surface area contributed by atoms with Crippen molar-refractivity contribution in [2.45, 2.75) is 38.5 Å². The van der Waals surface area contributed by atoms with Crippen LogP contribution in [0.25, 0.3) is 5.78 Å². The van der Waals surface area contributed by atoms with E-state index >= 15 is 0 Å². The summed E-state index contributed by atoms with van der Waals surface area (Å²) in [6.07, 6.45) is 11.2. The van der Waals surface area contributed by atoms with Gasteiger partial charge in [-0.15, -0.1) is 0 Å². The molecule has 0 aromatic carbocycles. The molecule has 24 heavy (non-hydrogen) atoms. The Kier molecular flexibility index (Phi) is 4.15. The largest absolute Gasteiger partial charge is 0.449 e. The van der Waals surface area contributed by atoms with Crippen LogP contribution in [0.3, 0.4) is 0 Å². The van der Waals surface area contributed by atoms with E-state index in [2.05, 4.69) is 15.1 Å². The topological polar surface area (TPSA) is 72.6 Å². The Morgan fingerprint density at radius 3 is 2.71 bits per heavy atom. The summed E-state index contributed by atoms with van der Waals surface area (Å²) in [4.78, 5) is 22.2. The minimum atomic E-state index is -0.181. The van der Waals surface area contributed by atoms with Gasteiger partial charge in [-0.2, -0.15) is 10.1 Å². The predicted molar refractivity (Wildman–Crippen MR) is 87.5 cm³/mol. The first-order valence-corrected chi connectivity index (χ1v) is 8.55. The van der Waals surface area contributed by atoms with Gasteiger partial charge < -0.3 is 9.64 Å². The van der Waals surface area contributed by atoms with Crippen LogP contribution >= 0.6 is 0 Å². The molecular weight excluding hydrogens is 306 g/mol. The highest BCUT2D eigenvalue weighted by Crippen LogP contribution is 2.36. The Morgan fingerprint density at radius 2 is 1.92 bits per heavy atom. The molecule has 1 saturated carbocycles. The lowest BCUT2D eigenvalue weighted by molar-refractivity contribution is 0.0984. The summed E-state index contributed by atoms with van der Waals surface area (Å²) in [5, 5.41) is 4.07. The van der Waals surface area contributed by atoms with E-state index in [-0.39, 0.29) is 6.09 Å². The van der Waals surface area contributed by atoms with Gasteiger partial charge in [-0.3, -0.25) is 0 Å². The van der Waals surface area contributed by atoms with Gasteiger partial charge in [0.05, 0.1) is 6.61 Å². The van der Waals surface area contributed by atoms with E-state index in [9.17, 15) is 4.79 Å². The fourth-order valence-corrected chi connectivity index (χ4v) is 3.14. The number of nitrogens with zero attached hydrogens (tertiary/aromatic N) is 5. The number of aryl methyl sites for hydroxylation is 1. The molecule has 2 aromatic heterocycles. The van der Waals surface area contributed by atoms with E-state index in [1.54, 1.807) is 21.9 Å². The van der Waals surface area contributed by atoms with Crippen LogP contribution < -0.4 is 0 Å². The van der Waals surface area contributed by atoms with E-state index < -0.39 is 0 Å². The number of allylic oxidation sites excluding steroid dienone is 1. The van der Waals surface area contributed by atoms with Crippen molar-refractivity contribution in [2.24, 2.45) is 0 Å². The molecule has 1 aliphatic heterocycles. The molecule has 4 rings (SSSR count). The fraction of sp³-hybridized carbons (Fsp3) is 0.529. The van der Waals surface area contributed by atoms with Crippen LogP contribution in [-0.4, -0.2) is 50.3 Å². The molecule has 1 saturated heterocycles. The molecule has 7 nitrogen and oxygen atoms in total. The molecule has 0 atom stereocenters. The summed E-state index contributed by atoms with van der Waals surface area (Å²) in [5.74, 6) is 0.593. The van der Waals surface area contributed by atoms with Gasteiger partial charge in [-0.05, 0) is 44.1 Å². The summed E-state index contributed by atoms with van der Waals surface area (Å²) < 4.78 is 7.06. The minimum Gasteiger partial charge on any atom is -0.449 e. The molecule has 0 unspecified atom stereocenters. The number of carbonyl (C=O) groups excluding carboxylic acids is 1. The normalized spacial score (nSPS) is 17.4. The van der Waals surface area contributed by atoms with E-state index in [4.69, 9.17) is 4.74 Å². The van der Waals surface area contributed by atoms with Crippen LogP contribution in [0.4, 0.5) is 4.79 Å². The number of ether oxygens (including phenoxy) is 1. The molecule has 0 bridgehead atoms. The van der Waals surface area contributed by atoms with Crippen LogP contribution in [0, 0.1) is 0 Å². The van der Waals surface area contributed by atoms with Crippen molar-refractivity contribution in [1.82, 2.24) is 24.5 Å². The van der Waals surface area contributed by atoms with Crippen molar-refractivity contribution in [3.8, 4) is 0 Å². The van der Waals surface area contributed by atoms with Gasteiger partial charge in [0.15, 0.2) is 0 Å². The zero-order valence-corrected chi connectivity index (χ0v) is 13.6. The standard InChI is InChI=1S/C17H21N5O2/c23-17(21-7-5-15(6-8-21)14-3-4-14)24-9-1-2-13-10-18-16-19-12-20-22(16)11-13/h10-12H,1-9H2. The van der Waals surface area contributed by atoms with Gasteiger partial charge >= 0.3 is 6.09 Å². The predicted octanol–water partition coefficient (Wildman–Crippen LogP) is 2.38. The van der Waals surface area contributed by atoms with Crippen molar-refractivity contribution >= 4 is 11.9 Å². The molecule has 126 valence electrons. The molecule has 0 spiro atoms. The van der Waals surface area contributed by atoms with Crippen molar-refractivity contribution in [2.75, 3.05) is 19.7 Å². The van der Waals surface area contributed by atoms with Crippen molar-refractivity contribution < 1.29 is 9.53 Å². The fourth-order valence-electron chi connectivity index (χ4n) is 3.14. The Bertz CT molecular complexity index is 766. The lowest BCUT2D eigenvalue weighted by atomic mass is 10.0. The number of fused-ring (bicyclic) bond motifs is 1. The number of amides is 1. The average molecular weight is 327 g/mol. The smallest absolute Gasteiger partial charge is 0.409 e. The first kappa shape index (κ1) is 15.1. The number of piperidine rings is 1. The van der Waals surface area contributed by atoms with Gasteiger partial charge in [-0.1, -0.05) is 11.1 Å². The zero-order chi connectivity index (χ0) is 16.4. The third-order valence-corrected chi connectivity index (χ3v) is 4.65. The number of rotatable bonds is 4. The van der Waals surface area contributed by atoms with Crippen molar-refractivity contribution in [3.63, 3.8) is 0 Å². The number of carbonyl (C=O) groups is 1. The van der Waals surface area contributed by atoms with Gasteiger partial charge in [0.1, 0.15) is 6.33 Å². The van der Waals surface area contributed by atoms with Gasteiger partial charge in [0.25, 0.3) is 5.78 Å². The maximum absolute atomic E-state index is 12.1. The number of hydrogen-bond acceptors (Lipinski definition) is 5. The summed E-state index contributed by atoms with van der Waals surface area (Å²) in [7, 11) is 0. The first-order valence-electron chi connectivity index (χ1n) is 8.55. The monoisotopic (exact) mass is 327 g/mol. The SMILES string of the molecule is O=C(OCCCc1cnc2ncnn2c1)N1CCC(=C2CC2)CC1. The molecular formula is C17H21N5O2. The van der Waals surface area contributed by atoms with E-state index in [0.717, 1.165) is 44.3 Å². The molecule has 0 N–H and O–H groups in total. The Balaban J connectivity index is 1.19. The summed E-state index contributed by atoms with van der Waals surface area (Å²) in [6.45, 7) is 2.02. The highest BCUT2D eigenvalue weighted by Gasteiger charge is 2.24. The molecule has 1 amide bonds. The maximum Gasteiger partial charge on any atom is 0.409 e.